The van der Waals surface area contributed by atoms with E-state index in [1.165, 1.54) is 0 Å². The molecule has 2 N–H and O–H groups in total. The van der Waals surface area contributed by atoms with Gasteiger partial charge >= 0.3 is 0 Å². The summed E-state index contributed by atoms with van der Waals surface area (Å²) in [6.45, 7) is 5.07. The Bertz CT molecular complexity index is 581. The first-order valence-corrected chi connectivity index (χ1v) is 7.90. The van der Waals surface area contributed by atoms with Crippen LogP contribution in [0.15, 0.2) is 24.3 Å². The minimum atomic E-state index is -0.285. The first-order chi connectivity index (χ1) is 11.0. The van der Waals surface area contributed by atoms with Crippen LogP contribution >= 0.6 is 0 Å². The maximum Gasteiger partial charge on any atom is 0.251 e. The SMILES string of the molecule is CC(C)NC(=O)CNC(=O)c1ccc(CN2CCCC2=O)cc1. The molecule has 6 heteroatoms. The molecule has 3 amide bonds. The monoisotopic (exact) mass is 317 g/mol. The van der Waals surface area contributed by atoms with Crippen molar-refractivity contribution < 1.29 is 14.4 Å². The lowest BCUT2D eigenvalue weighted by Crippen LogP contribution is -2.39. The van der Waals surface area contributed by atoms with Crippen LogP contribution in [-0.2, 0) is 16.1 Å². The molecule has 1 fully saturated rings. The van der Waals surface area contributed by atoms with E-state index in [-0.39, 0.29) is 30.3 Å². The average Bonchev–Trinajstić information content (AvgIpc) is 2.90. The number of carbonyl (C=O) groups is 3. The van der Waals surface area contributed by atoms with Gasteiger partial charge in [0.05, 0.1) is 6.54 Å². The summed E-state index contributed by atoms with van der Waals surface area (Å²) in [6.07, 6.45) is 1.54. The Hall–Kier alpha value is -2.37. The molecule has 23 heavy (non-hydrogen) atoms. The van der Waals surface area contributed by atoms with Gasteiger partial charge in [-0.05, 0) is 38.0 Å². The van der Waals surface area contributed by atoms with Gasteiger partial charge in [0.25, 0.3) is 5.91 Å². The quantitative estimate of drug-likeness (QED) is 0.823. The van der Waals surface area contributed by atoms with E-state index in [4.69, 9.17) is 0 Å². The lowest BCUT2D eigenvalue weighted by molar-refractivity contribution is -0.128. The van der Waals surface area contributed by atoms with Gasteiger partial charge in [-0.25, -0.2) is 0 Å². The van der Waals surface area contributed by atoms with Gasteiger partial charge in [-0.15, -0.1) is 0 Å². The van der Waals surface area contributed by atoms with Crippen LogP contribution in [-0.4, -0.2) is 41.8 Å². The van der Waals surface area contributed by atoms with Crippen LogP contribution in [0.2, 0.25) is 0 Å². The number of amides is 3. The number of hydrogen-bond acceptors (Lipinski definition) is 3. The summed E-state index contributed by atoms with van der Waals surface area (Å²) in [7, 11) is 0. The maximum absolute atomic E-state index is 12.0. The van der Waals surface area contributed by atoms with E-state index < -0.39 is 0 Å². The summed E-state index contributed by atoms with van der Waals surface area (Å²) in [5, 5.41) is 5.30. The Morgan fingerprint density at radius 2 is 1.91 bits per heavy atom. The predicted octanol–water partition coefficient (Wildman–Crippen LogP) is 1.06. The molecule has 6 nitrogen and oxygen atoms in total. The number of carbonyl (C=O) groups excluding carboxylic acids is 3. The fourth-order valence-electron chi connectivity index (χ4n) is 2.49. The van der Waals surface area contributed by atoms with Crippen molar-refractivity contribution in [3.05, 3.63) is 35.4 Å². The zero-order chi connectivity index (χ0) is 16.8. The molecule has 124 valence electrons. The van der Waals surface area contributed by atoms with E-state index in [0.29, 0.717) is 18.5 Å². The summed E-state index contributed by atoms with van der Waals surface area (Å²) in [4.78, 5) is 36.9. The van der Waals surface area contributed by atoms with Gasteiger partial charge in [0.2, 0.25) is 11.8 Å². The maximum atomic E-state index is 12.0. The Kier molecular flexibility index (Phi) is 5.73. The van der Waals surface area contributed by atoms with Gasteiger partial charge in [-0.3, -0.25) is 14.4 Å². The summed E-state index contributed by atoms with van der Waals surface area (Å²) in [5.41, 5.74) is 1.49. The minimum Gasteiger partial charge on any atom is -0.352 e. The summed E-state index contributed by atoms with van der Waals surface area (Å²) >= 11 is 0. The molecule has 0 atom stereocenters. The molecule has 0 aromatic heterocycles. The van der Waals surface area contributed by atoms with Crippen molar-refractivity contribution in [2.75, 3.05) is 13.1 Å². The van der Waals surface area contributed by atoms with Crippen LogP contribution in [0, 0.1) is 0 Å². The number of benzene rings is 1. The zero-order valence-corrected chi connectivity index (χ0v) is 13.6. The number of rotatable bonds is 6. The highest BCUT2D eigenvalue weighted by Gasteiger charge is 2.20. The first-order valence-electron chi connectivity index (χ1n) is 7.90. The van der Waals surface area contributed by atoms with E-state index in [2.05, 4.69) is 10.6 Å². The normalized spacial score (nSPS) is 14.2. The van der Waals surface area contributed by atoms with Gasteiger partial charge in [0, 0.05) is 31.1 Å². The third-order valence-electron chi connectivity index (χ3n) is 3.62. The second kappa shape index (κ2) is 7.76. The molecular formula is C17H23N3O3. The van der Waals surface area contributed by atoms with E-state index in [0.717, 1.165) is 18.5 Å². The fourth-order valence-corrected chi connectivity index (χ4v) is 2.49. The molecule has 1 heterocycles. The van der Waals surface area contributed by atoms with Crippen LogP contribution in [0.25, 0.3) is 0 Å². The number of likely N-dealkylation sites (tertiary alicyclic amines) is 1. The number of nitrogens with zero attached hydrogens (tertiary/aromatic N) is 1. The number of hydrogen-bond donors (Lipinski definition) is 2. The minimum absolute atomic E-state index is 0.0406. The van der Waals surface area contributed by atoms with Gasteiger partial charge < -0.3 is 15.5 Å². The van der Waals surface area contributed by atoms with Crippen LogP contribution < -0.4 is 10.6 Å². The van der Waals surface area contributed by atoms with Crippen molar-refractivity contribution in [2.24, 2.45) is 0 Å². The van der Waals surface area contributed by atoms with Gasteiger partial charge in [-0.1, -0.05) is 12.1 Å². The van der Waals surface area contributed by atoms with Gasteiger partial charge in [0.15, 0.2) is 0 Å². The highest BCUT2D eigenvalue weighted by Crippen LogP contribution is 2.14. The predicted molar refractivity (Wildman–Crippen MR) is 86.7 cm³/mol. The molecule has 0 bridgehead atoms. The van der Waals surface area contributed by atoms with Crippen LogP contribution in [0.5, 0.6) is 0 Å². The molecule has 2 rings (SSSR count). The smallest absolute Gasteiger partial charge is 0.251 e. The molecule has 1 aromatic rings. The molecule has 0 radical (unpaired) electrons. The average molecular weight is 317 g/mol. The molecular weight excluding hydrogens is 294 g/mol. The fraction of sp³-hybridized carbons (Fsp3) is 0.471. The van der Waals surface area contributed by atoms with Gasteiger partial charge in [-0.2, -0.15) is 0 Å². The van der Waals surface area contributed by atoms with Crippen molar-refractivity contribution in [1.82, 2.24) is 15.5 Å². The summed E-state index contributed by atoms with van der Waals surface area (Å²) in [6, 6.07) is 7.16. The Labute approximate surface area is 136 Å². The highest BCUT2D eigenvalue weighted by molar-refractivity contribution is 5.96. The first kappa shape index (κ1) is 17.0. The summed E-state index contributed by atoms with van der Waals surface area (Å²) < 4.78 is 0. The van der Waals surface area contributed by atoms with Gasteiger partial charge in [0.1, 0.15) is 0 Å². The van der Waals surface area contributed by atoms with Crippen molar-refractivity contribution in [3.63, 3.8) is 0 Å². The molecule has 0 spiro atoms. The van der Waals surface area contributed by atoms with Crippen LogP contribution in [0.3, 0.4) is 0 Å². The summed E-state index contributed by atoms with van der Waals surface area (Å²) in [5.74, 6) is -0.312. The molecule has 1 aliphatic heterocycles. The van der Waals surface area contributed by atoms with E-state index in [9.17, 15) is 14.4 Å². The second-order valence-electron chi connectivity index (χ2n) is 6.02. The molecule has 1 saturated heterocycles. The standard InChI is InChI=1S/C17H23N3O3/c1-12(2)19-15(21)10-18-17(23)14-7-5-13(6-8-14)11-20-9-3-4-16(20)22/h5-8,12H,3-4,9-11H2,1-2H3,(H,18,23)(H,19,21). The molecule has 0 unspecified atom stereocenters. The van der Waals surface area contributed by atoms with E-state index >= 15 is 0 Å². The molecule has 1 aliphatic rings. The topological polar surface area (TPSA) is 78.5 Å². The van der Waals surface area contributed by atoms with Crippen LogP contribution in [0.4, 0.5) is 0 Å². The number of nitrogens with one attached hydrogen (secondary N) is 2. The largest absolute Gasteiger partial charge is 0.352 e. The second-order valence-corrected chi connectivity index (χ2v) is 6.02. The lowest BCUT2D eigenvalue weighted by atomic mass is 10.1. The van der Waals surface area contributed by atoms with Crippen LogP contribution in [0.1, 0.15) is 42.6 Å². The Morgan fingerprint density at radius 3 is 2.48 bits per heavy atom. The van der Waals surface area contributed by atoms with E-state index in [1.54, 1.807) is 12.1 Å². The Balaban J connectivity index is 1.85. The van der Waals surface area contributed by atoms with Crippen molar-refractivity contribution >= 4 is 17.7 Å². The van der Waals surface area contributed by atoms with Crippen molar-refractivity contribution in [3.8, 4) is 0 Å². The van der Waals surface area contributed by atoms with Crippen molar-refractivity contribution in [1.29, 1.82) is 0 Å². The highest BCUT2D eigenvalue weighted by atomic mass is 16.2. The zero-order valence-electron chi connectivity index (χ0n) is 13.6. The lowest BCUT2D eigenvalue weighted by Gasteiger charge is -2.15. The molecule has 0 saturated carbocycles. The van der Waals surface area contributed by atoms with E-state index in [1.807, 2.05) is 30.9 Å². The molecule has 0 aliphatic carbocycles. The van der Waals surface area contributed by atoms with Crippen molar-refractivity contribution in [2.45, 2.75) is 39.3 Å². The third-order valence-corrected chi connectivity index (χ3v) is 3.62. The Morgan fingerprint density at radius 1 is 1.22 bits per heavy atom. The molecule has 1 aromatic carbocycles. The third kappa shape index (κ3) is 5.09.